The van der Waals surface area contributed by atoms with Crippen LogP contribution < -0.4 is 9.84 Å². The largest absolute Gasteiger partial charge is 0.598 e. The molecule has 154 valence electrons. The van der Waals surface area contributed by atoms with Crippen molar-refractivity contribution in [2.24, 2.45) is 4.40 Å². The third-order valence-electron chi connectivity index (χ3n) is 3.96. The molecule has 0 spiro atoms. The Morgan fingerprint density at radius 1 is 1.34 bits per heavy atom. The van der Waals surface area contributed by atoms with E-state index in [-0.39, 0.29) is 41.6 Å². The average molecular weight is 483 g/mol. The number of cyclic esters (lactones) is 1. The Kier molecular flexibility index (Phi) is 6.43. The van der Waals surface area contributed by atoms with Crippen molar-refractivity contribution in [1.29, 1.82) is 0 Å². The van der Waals surface area contributed by atoms with Crippen molar-refractivity contribution in [2.45, 2.75) is 24.3 Å². The molecule has 0 aromatic heterocycles. The smallest absolute Gasteiger partial charge is 0.319 e. The lowest BCUT2D eigenvalue weighted by Gasteiger charge is -2.23. The molecule has 1 aliphatic carbocycles. The Morgan fingerprint density at radius 3 is 2.79 bits per heavy atom. The van der Waals surface area contributed by atoms with Gasteiger partial charge < -0.3 is 19.3 Å². The van der Waals surface area contributed by atoms with Gasteiger partial charge in [-0.3, -0.25) is 4.79 Å². The maximum Gasteiger partial charge on any atom is 0.319 e. The second-order valence-corrected chi connectivity index (χ2v) is 8.45. The lowest BCUT2D eigenvalue weighted by Crippen LogP contribution is -2.25. The summed E-state index contributed by atoms with van der Waals surface area (Å²) in [6.45, 7) is 2.17. The molecule has 1 heterocycles. The Labute approximate surface area is 176 Å². The number of hydrogen-bond donors (Lipinski definition) is 0. The van der Waals surface area contributed by atoms with E-state index in [2.05, 4.69) is 20.3 Å². The van der Waals surface area contributed by atoms with Crippen molar-refractivity contribution in [3.8, 4) is 5.75 Å². The molecule has 1 atom stereocenters. The zero-order valence-electron chi connectivity index (χ0n) is 15.3. The van der Waals surface area contributed by atoms with Gasteiger partial charge in [0, 0.05) is 16.5 Å². The summed E-state index contributed by atoms with van der Waals surface area (Å²) in [6.07, 6.45) is 5.07. The number of hydrogen-bond acceptors (Lipinski definition) is 7. The van der Waals surface area contributed by atoms with Crippen LogP contribution in [0.4, 0.5) is 0 Å². The topological polar surface area (TPSA) is 114 Å². The van der Waals surface area contributed by atoms with E-state index in [1.807, 2.05) is 0 Å². The van der Waals surface area contributed by atoms with Gasteiger partial charge in [-0.2, -0.15) is 12.8 Å². The SMILES string of the molecule is CCOc1ccc(Br)cc1S(=O)(=O)N=C1C=CC=CC1=C([O-])O[C@H]1CCOC1=O. The van der Waals surface area contributed by atoms with E-state index in [1.165, 1.54) is 24.3 Å². The van der Waals surface area contributed by atoms with E-state index < -0.39 is 28.0 Å². The number of allylic oxidation sites excluding steroid dienone is 5. The Morgan fingerprint density at radius 2 is 2.10 bits per heavy atom. The highest BCUT2D eigenvalue weighted by Crippen LogP contribution is 2.30. The van der Waals surface area contributed by atoms with Gasteiger partial charge in [-0.05, 0) is 31.2 Å². The second kappa shape index (κ2) is 8.83. The number of benzene rings is 1. The van der Waals surface area contributed by atoms with Crippen molar-refractivity contribution in [3.05, 3.63) is 58.5 Å². The van der Waals surface area contributed by atoms with Crippen LogP contribution >= 0.6 is 15.9 Å². The number of halogens is 1. The minimum Gasteiger partial charge on any atom is -0.598 e. The fraction of sp³-hybridized carbons (Fsp3) is 0.263. The van der Waals surface area contributed by atoms with Gasteiger partial charge in [-0.1, -0.05) is 34.2 Å². The molecular formula is C19H17BrNO7S-. The van der Waals surface area contributed by atoms with Gasteiger partial charge in [-0.15, -0.1) is 0 Å². The van der Waals surface area contributed by atoms with E-state index in [4.69, 9.17) is 14.2 Å². The first-order valence-electron chi connectivity index (χ1n) is 8.69. The molecule has 1 aromatic rings. The van der Waals surface area contributed by atoms with Crippen LogP contribution in [0.3, 0.4) is 0 Å². The summed E-state index contributed by atoms with van der Waals surface area (Å²) >= 11 is 3.24. The second-order valence-electron chi connectivity index (χ2n) is 5.96. The van der Waals surface area contributed by atoms with E-state index in [9.17, 15) is 18.3 Å². The van der Waals surface area contributed by atoms with Crippen molar-refractivity contribution in [3.63, 3.8) is 0 Å². The van der Waals surface area contributed by atoms with E-state index >= 15 is 0 Å². The van der Waals surface area contributed by atoms with Crippen LogP contribution in [0.15, 0.2) is 67.8 Å². The van der Waals surface area contributed by atoms with Crippen molar-refractivity contribution in [2.75, 3.05) is 13.2 Å². The van der Waals surface area contributed by atoms with E-state index in [0.29, 0.717) is 4.47 Å². The zero-order chi connectivity index (χ0) is 21.0. The lowest BCUT2D eigenvalue weighted by molar-refractivity contribution is -0.362. The Hall–Kier alpha value is -2.59. The molecule has 0 N–H and O–H groups in total. The summed E-state index contributed by atoms with van der Waals surface area (Å²) in [5.74, 6) is -1.34. The number of nitrogens with zero attached hydrogens (tertiary/aromatic N) is 1. The number of rotatable bonds is 6. The lowest BCUT2D eigenvalue weighted by atomic mass is 10.1. The molecule has 2 aliphatic rings. The third-order valence-corrected chi connectivity index (χ3v) is 5.77. The van der Waals surface area contributed by atoms with Crippen LogP contribution in [-0.2, 0) is 24.3 Å². The zero-order valence-corrected chi connectivity index (χ0v) is 17.7. The summed E-state index contributed by atoms with van der Waals surface area (Å²) in [7, 11) is -4.21. The molecule has 1 aromatic carbocycles. The first kappa shape index (κ1) is 21.1. The molecule has 1 fully saturated rings. The molecule has 0 saturated carbocycles. The molecule has 0 amide bonds. The molecule has 1 saturated heterocycles. The molecule has 10 heteroatoms. The fourth-order valence-corrected chi connectivity index (χ4v) is 4.33. The monoisotopic (exact) mass is 482 g/mol. The minimum absolute atomic E-state index is 0.0799. The van der Waals surface area contributed by atoms with Crippen LogP contribution in [0.1, 0.15) is 13.3 Å². The van der Waals surface area contributed by atoms with Gasteiger partial charge in [0.15, 0.2) is 0 Å². The standard InChI is InChI=1S/C19H18BrNO7S/c1-2-26-15-8-7-12(20)11-17(15)29(24,25)21-14-6-4-3-5-13(14)18(22)28-16-9-10-27-19(16)23/h3-8,11,16,22H,2,9-10H2,1H3/p-1/t16-/m0/s1. The first-order chi connectivity index (χ1) is 13.8. The third kappa shape index (κ3) is 4.88. The number of sulfonamides is 1. The Balaban J connectivity index is 2.00. The molecule has 1 aliphatic heterocycles. The van der Waals surface area contributed by atoms with E-state index in [0.717, 1.165) is 0 Å². The van der Waals surface area contributed by atoms with Crippen LogP contribution in [0, 0.1) is 0 Å². The molecular weight excluding hydrogens is 466 g/mol. The molecule has 0 unspecified atom stereocenters. The molecule has 8 nitrogen and oxygen atoms in total. The summed E-state index contributed by atoms with van der Waals surface area (Å²) < 4.78 is 45.5. The van der Waals surface area contributed by atoms with Crippen LogP contribution in [0.5, 0.6) is 5.75 Å². The molecule has 0 radical (unpaired) electrons. The van der Waals surface area contributed by atoms with Crippen molar-refractivity contribution < 1.29 is 32.5 Å². The van der Waals surface area contributed by atoms with Gasteiger partial charge in [0.05, 0.1) is 24.9 Å². The van der Waals surface area contributed by atoms with Crippen molar-refractivity contribution >= 4 is 37.6 Å². The molecule has 29 heavy (non-hydrogen) atoms. The highest BCUT2D eigenvalue weighted by molar-refractivity contribution is 9.10. The Bertz CT molecular complexity index is 1040. The fourth-order valence-electron chi connectivity index (χ4n) is 2.64. The number of carbonyl (C=O) groups is 1. The van der Waals surface area contributed by atoms with Gasteiger partial charge in [0.2, 0.25) is 0 Å². The normalized spacial score (nSPS) is 21.9. The highest BCUT2D eigenvalue weighted by Gasteiger charge is 2.25. The number of ether oxygens (including phenoxy) is 3. The predicted molar refractivity (Wildman–Crippen MR) is 106 cm³/mol. The molecule has 3 rings (SSSR count). The first-order valence-corrected chi connectivity index (χ1v) is 10.9. The maximum atomic E-state index is 12.9. The summed E-state index contributed by atoms with van der Waals surface area (Å²) in [6, 6.07) is 4.54. The van der Waals surface area contributed by atoms with E-state index in [1.54, 1.807) is 25.1 Å². The number of carbonyl (C=O) groups excluding carboxylic acids is 1. The summed E-state index contributed by atoms with van der Waals surface area (Å²) in [5.41, 5.74) is -0.185. The minimum atomic E-state index is -4.21. The van der Waals surface area contributed by atoms with Gasteiger partial charge in [0.25, 0.3) is 10.0 Å². The quantitative estimate of drug-likeness (QED) is 0.449. The maximum absolute atomic E-state index is 12.9. The average Bonchev–Trinajstić information content (AvgIpc) is 3.08. The van der Waals surface area contributed by atoms with Gasteiger partial charge in [0.1, 0.15) is 16.7 Å². The van der Waals surface area contributed by atoms with Crippen LogP contribution in [0.2, 0.25) is 0 Å². The van der Waals surface area contributed by atoms with Gasteiger partial charge >= 0.3 is 5.97 Å². The van der Waals surface area contributed by atoms with Gasteiger partial charge in [-0.25, -0.2) is 0 Å². The number of esters is 1. The highest BCUT2D eigenvalue weighted by atomic mass is 79.9. The molecule has 0 bridgehead atoms. The summed E-state index contributed by atoms with van der Waals surface area (Å²) in [4.78, 5) is 11.4. The summed E-state index contributed by atoms with van der Waals surface area (Å²) in [5, 5.41) is 12.5. The van der Waals surface area contributed by atoms with Crippen LogP contribution in [0.25, 0.3) is 0 Å². The predicted octanol–water partition coefficient (Wildman–Crippen LogP) is 2.01. The van der Waals surface area contributed by atoms with Crippen LogP contribution in [-0.4, -0.2) is 39.4 Å². The van der Waals surface area contributed by atoms with Crippen molar-refractivity contribution in [1.82, 2.24) is 0 Å².